The van der Waals surface area contributed by atoms with Crippen molar-refractivity contribution >= 4 is 49.8 Å². The first-order chi connectivity index (χ1) is 35.7. The van der Waals surface area contributed by atoms with Gasteiger partial charge in [-0.1, -0.05) is 237 Å². The second-order valence-electron chi connectivity index (χ2n) is 19.4. The molecule has 0 aliphatic heterocycles. The van der Waals surface area contributed by atoms with Gasteiger partial charge in [0.1, 0.15) is 0 Å². The molecule has 12 aromatic carbocycles. The second kappa shape index (κ2) is 17.1. The summed E-state index contributed by atoms with van der Waals surface area (Å²) in [5.41, 5.74) is 20.8. The number of hydrogen-bond donors (Lipinski definition) is 0. The lowest BCUT2D eigenvalue weighted by molar-refractivity contribution is 0.769. The molecular weight excluding hydrogens is 867 g/mol. The Morgan fingerprint density at radius 1 is 0.319 bits per heavy atom. The summed E-state index contributed by atoms with van der Waals surface area (Å²) < 4.78 is 0. The number of benzene rings is 12. The maximum atomic E-state index is 2.55. The summed E-state index contributed by atoms with van der Waals surface area (Å²) in [5.74, 6) is 0. The Morgan fingerprint density at radius 2 is 0.861 bits per heavy atom. The lowest BCUT2D eigenvalue weighted by atomic mass is 9.67. The fraction of sp³-hybridized carbons (Fsp3) is 0.0423. The van der Waals surface area contributed by atoms with Crippen molar-refractivity contribution in [2.45, 2.75) is 18.3 Å². The van der Waals surface area contributed by atoms with Gasteiger partial charge in [0.05, 0.1) is 11.1 Å². The zero-order valence-electron chi connectivity index (χ0n) is 39.8. The van der Waals surface area contributed by atoms with Gasteiger partial charge in [-0.05, 0) is 154 Å². The lowest BCUT2D eigenvalue weighted by Crippen LogP contribution is -2.28. The Morgan fingerprint density at radius 3 is 1.62 bits per heavy atom. The standard InChI is InChI=1S/C71H49N/c1-3-23-53(24-4-1)71(54-25-5-2-6-26-54)68-35-15-13-33-65(68)66-43-39-50(46-69(66)71)48-37-40-55(41-38-48)72(56-42-44-64-62-31-10-9-29-60(62)61-30-11-12-32-63(61)67(64)47-56)70-36-16-14-28-59(70)52-22-17-21-51(45-52)58-34-18-20-49-19-7-8-27-57(49)58/h1-41,43,45-47H,42,44H2. The van der Waals surface area contributed by atoms with Gasteiger partial charge in [0, 0.05) is 16.9 Å². The molecule has 0 saturated carbocycles. The summed E-state index contributed by atoms with van der Waals surface area (Å²) in [7, 11) is 0. The first-order valence-electron chi connectivity index (χ1n) is 25.3. The van der Waals surface area contributed by atoms with Crippen LogP contribution in [0.4, 0.5) is 11.4 Å². The molecule has 0 unspecified atom stereocenters. The van der Waals surface area contributed by atoms with E-state index in [1.807, 2.05) is 0 Å². The van der Waals surface area contributed by atoms with Gasteiger partial charge in [-0.2, -0.15) is 0 Å². The van der Waals surface area contributed by atoms with Crippen molar-refractivity contribution < 1.29 is 0 Å². The van der Waals surface area contributed by atoms with E-state index in [4.69, 9.17) is 0 Å². The van der Waals surface area contributed by atoms with E-state index in [-0.39, 0.29) is 0 Å². The van der Waals surface area contributed by atoms with E-state index >= 15 is 0 Å². The van der Waals surface area contributed by atoms with Crippen LogP contribution in [0, 0.1) is 0 Å². The molecule has 1 nitrogen and oxygen atoms in total. The average Bonchev–Trinajstić information content (AvgIpc) is 3.76. The first kappa shape index (κ1) is 41.9. The molecule has 0 heterocycles. The molecule has 0 fully saturated rings. The molecule has 0 aromatic heterocycles. The normalized spacial score (nSPS) is 13.4. The van der Waals surface area contributed by atoms with Crippen LogP contribution < -0.4 is 4.90 Å². The summed E-state index contributed by atoms with van der Waals surface area (Å²) >= 11 is 0. The van der Waals surface area contributed by atoms with Crippen molar-refractivity contribution in [2.24, 2.45) is 0 Å². The summed E-state index contributed by atoms with van der Waals surface area (Å²) in [5, 5.41) is 7.79. The molecule has 0 bridgehead atoms. The minimum Gasteiger partial charge on any atom is -0.314 e. The van der Waals surface area contributed by atoms with E-state index in [0.717, 1.165) is 24.2 Å². The maximum absolute atomic E-state index is 2.55. The molecule has 14 rings (SSSR count). The van der Waals surface area contributed by atoms with Gasteiger partial charge >= 0.3 is 0 Å². The lowest BCUT2D eigenvalue weighted by Gasteiger charge is -2.34. The van der Waals surface area contributed by atoms with Crippen LogP contribution in [0.5, 0.6) is 0 Å². The van der Waals surface area contributed by atoms with E-state index in [9.17, 15) is 0 Å². The van der Waals surface area contributed by atoms with Crippen LogP contribution in [0.1, 0.15) is 39.8 Å². The third-order valence-electron chi connectivity index (χ3n) is 15.7. The molecule has 12 aromatic rings. The van der Waals surface area contributed by atoms with Crippen LogP contribution in [-0.2, 0) is 11.8 Å². The largest absolute Gasteiger partial charge is 0.314 e. The van der Waals surface area contributed by atoms with Crippen molar-refractivity contribution in [1.82, 2.24) is 0 Å². The molecule has 2 aliphatic rings. The van der Waals surface area contributed by atoms with Crippen molar-refractivity contribution in [3.63, 3.8) is 0 Å². The van der Waals surface area contributed by atoms with Crippen molar-refractivity contribution in [1.29, 1.82) is 0 Å². The third-order valence-corrected chi connectivity index (χ3v) is 15.7. The zero-order chi connectivity index (χ0) is 47.6. The highest BCUT2D eigenvalue weighted by molar-refractivity contribution is 6.13. The Bertz CT molecular complexity index is 4040. The number of anilines is 2. The van der Waals surface area contributed by atoms with Crippen molar-refractivity contribution in [2.75, 3.05) is 4.90 Å². The SMILES string of the molecule is C1=C(N(c2ccc(-c3ccc4c(c3)C(c3ccccc3)(c3ccccc3)c3ccccc3-4)cc2)c2ccccc2-c2cccc(-c3cccc4ccccc34)c2)CCc2c1c1ccccc1c1ccccc21. The molecule has 1 heteroatoms. The fourth-order valence-electron chi connectivity index (χ4n) is 12.5. The third kappa shape index (κ3) is 6.62. The van der Waals surface area contributed by atoms with Crippen LogP contribution in [0.3, 0.4) is 0 Å². The summed E-state index contributed by atoms with van der Waals surface area (Å²) in [4.78, 5) is 2.55. The molecule has 2 aliphatic carbocycles. The van der Waals surface area contributed by atoms with Crippen molar-refractivity contribution in [3.8, 4) is 44.5 Å². The van der Waals surface area contributed by atoms with Gasteiger partial charge in [0.25, 0.3) is 0 Å². The predicted octanol–water partition coefficient (Wildman–Crippen LogP) is 18.6. The highest BCUT2D eigenvalue weighted by Gasteiger charge is 2.46. The highest BCUT2D eigenvalue weighted by atomic mass is 15.2. The second-order valence-corrected chi connectivity index (χ2v) is 19.4. The Hall–Kier alpha value is -9.04. The smallest absolute Gasteiger partial charge is 0.0713 e. The van der Waals surface area contributed by atoms with Crippen LogP contribution in [0.25, 0.3) is 82.9 Å². The van der Waals surface area contributed by atoms with Gasteiger partial charge in [-0.15, -0.1) is 0 Å². The molecular formula is C71H49N. The number of rotatable bonds is 8. The first-order valence-corrected chi connectivity index (χ1v) is 25.3. The van der Waals surface area contributed by atoms with E-state index in [0.29, 0.717) is 0 Å². The van der Waals surface area contributed by atoms with E-state index < -0.39 is 5.41 Å². The Balaban J connectivity index is 0.935. The quantitative estimate of drug-likeness (QED) is 0.137. The molecule has 0 atom stereocenters. The maximum Gasteiger partial charge on any atom is 0.0713 e. The summed E-state index contributed by atoms with van der Waals surface area (Å²) in [6.07, 6.45) is 4.34. The molecule has 338 valence electrons. The van der Waals surface area contributed by atoms with Gasteiger partial charge in [0.15, 0.2) is 0 Å². The molecule has 0 radical (unpaired) electrons. The monoisotopic (exact) mass is 915 g/mol. The number of hydrogen-bond acceptors (Lipinski definition) is 1. The van der Waals surface area contributed by atoms with Crippen LogP contribution >= 0.6 is 0 Å². The zero-order valence-corrected chi connectivity index (χ0v) is 39.8. The van der Waals surface area contributed by atoms with Gasteiger partial charge < -0.3 is 4.90 Å². The van der Waals surface area contributed by atoms with E-state index in [2.05, 4.69) is 278 Å². The van der Waals surface area contributed by atoms with Crippen LogP contribution in [-0.4, -0.2) is 0 Å². The minimum absolute atomic E-state index is 0.463. The number of allylic oxidation sites excluding steroid dienone is 1. The number of aryl methyl sites for hydroxylation is 1. The van der Waals surface area contributed by atoms with E-state index in [1.165, 1.54) is 116 Å². The molecule has 0 N–H and O–H groups in total. The Kier molecular flexibility index (Phi) is 9.96. The Labute approximate surface area is 421 Å². The molecule has 0 spiro atoms. The number of nitrogens with zero attached hydrogens (tertiary/aromatic N) is 1. The highest BCUT2D eigenvalue weighted by Crippen LogP contribution is 2.57. The van der Waals surface area contributed by atoms with Gasteiger partial charge in [-0.3, -0.25) is 0 Å². The van der Waals surface area contributed by atoms with Gasteiger partial charge in [0.2, 0.25) is 0 Å². The number of para-hydroxylation sites is 1. The molecule has 72 heavy (non-hydrogen) atoms. The average molecular weight is 916 g/mol. The van der Waals surface area contributed by atoms with E-state index in [1.54, 1.807) is 0 Å². The van der Waals surface area contributed by atoms with Crippen LogP contribution in [0.2, 0.25) is 0 Å². The van der Waals surface area contributed by atoms with Gasteiger partial charge in [-0.25, -0.2) is 0 Å². The van der Waals surface area contributed by atoms with Crippen molar-refractivity contribution in [3.05, 3.63) is 306 Å². The predicted molar refractivity (Wildman–Crippen MR) is 304 cm³/mol. The number of fused-ring (bicyclic) bond motifs is 10. The topological polar surface area (TPSA) is 3.24 Å². The molecule has 0 saturated heterocycles. The minimum atomic E-state index is -0.463. The summed E-state index contributed by atoms with van der Waals surface area (Å²) in [6.45, 7) is 0. The van der Waals surface area contributed by atoms with Crippen LogP contribution in [0.15, 0.2) is 273 Å². The molecule has 0 amide bonds. The fourth-order valence-corrected chi connectivity index (χ4v) is 12.5. The summed E-state index contributed by atoms with van der Waals surface area (Å²) in [6, 6.07) is 99.1.